The van der Waals surface area contributed by atoms with Gasteiger partial charge in [0.15, 0.2) is 0 Å². The van der Waals surface area contributed by atoms with E-state index in [1.807, 2.05) is 18.2 Å². The van der Waals surface area contributed by atoms with Gasteiger partial charge in [0.2, 0.25) is 0 Å². The zero-order chi connectivity index (χ0) is 14.6. The van der Waals surface area contributed by atoms with Gasteiger partial charge in [0, 0.05) is 12.3 Å². The number of fused-ring (bicyclic) bond motifs is 1. The first-order valence-corrected chi connectivity index (χ1v) is 6.03. The monoisotopic (exact) mass is 278 g/mol. The van der Waals surface area contributed by atoms with Gasteiger partial charge in [-0.1, -0.05) is 36.4 Å². The van der Waals surface area contributed by atoms with Crippen LogP contribution in [0, 0.1) is 0 Å². The first kappa shape index (κ1) is 13.3. The van der Waals surface area contributed by atoms with E-state index in [0.29, 0.717) is 5.39 Å². The summed E-state index contributed by atoms with van der Waals surface area (Å²) in [7, 11) is 0. The second-order valence-corrected chi connectivity index (χ2v) is 4.92. The highest BCUT2D eigenvalue weighted by Crippen LogP contribution is 2.49. The van der Waals surface area contributed by atoms with Crippen molar-refractivity contribution >= 4 is 10.8 Å². The van der Waals surface area contributed by atoms with Crippen LogP contribution in [0.1, 0.15) is 6.92 Å². The smallest absolute Gasteiger partial charge is 0.345 e. The Morgan fingerprint density at radius 2 is 1.65 bits per heavy atom. The molecule has 0 bridgehead atoms. The van der Waals surface area contributed by atoms with Gasteiger partial charge in [0.25, 0.3) is 5.79 Å². The zero-order valence-corrected chi connectivity index (χ0v) is 10.6. The van der Waals surface area contributed by atoms with Gasteiger partial charge in [-0.05, 0) is 11.5 Å². The number of hydrogen-bond donors (Lipinski definition) is 4. The van der Waals surface area contributed by atoms with E-state index in [9.17, 15) is 20.4 Å². The first-order valence-electron chi connectivity index (χ1n) is 6.03. The van der Waals surface area contributed by atoms with Crippen LogP contribution in [0.2, 0.25) is 0 Å². The summed E-state index contributed by atoms with van der Waals surface area (Å²) in [6, 6.07) is 12.5. The van der Waals surface area contributed by atoms with Crippen LogP contribution >= 0.6 is 0 Å². The lowest BCUT2D eigenvalue weighted by atomic mass is 10.1. The molecule has 3 rings (SSSR count). The van der Waals surface area contributed by atoms with Crippen LogP contribution in [0.3, 0.4) is 0 Å². The summed E-state index contributed by atoms with van der Waals surface area (Å²) >= 11 is 0. The second-order valence-electron chi connectivity index (χ2n) is 4.92. The van der Waals surface area contributed by atoms with Crippen LogP contribution in [-0.2, 0) is 4.74 Å². The molecule has 2 aromatic rings. The molecule has 1 aliphatic rings. The van der Waals surface area contributed by atoms with E-state index in [1.165, 1.54) is 0 Å². The Bertz CT molecular complexity index is 660. The maximum Gasteiger partial charge on any atom is 0.345 e. The molecule has 2 unspecified atom stereocenters. The van der Waals surface area contributed by atoms with Gasteiger partial charge in [-0.25, -0.2) is 0 Å². The van der Waals surface area contributed by atoms with Crippen LogP contribution < -0.4 is 4.74 Å². The Labute approximate surface area is 114 Å². The van der Waals surface area contributed by atoms with E-state index in [4.69, 9.17) is 4.74 Å². The first-order chi connectivity index (χ1) is 9.27. The topological polar surface area (TPSA) is 103 Å². The molecule has 0 amide bonds. The summed E-state index contributed by atoms with van der Waals surface area (Å²) in [5.74, 6) is -7.48. The molecule has 1 aliphatic heterocycles. The molecule has 0 radical (unpaired) electrons. The molecule has 106 valence electrons. The van der Waals surface area contributed by atoms with Gasteiger partial charge in [-0.3, -0.25) is 4.74 Å². The quantitative estimate of drug-likeness (QED) is 0.475. The fourth-order valence-electron chi connectivity index (χ4n) is 2.15. The fourth-order valence-corrected chi connectivity index (χ4v) is 2.15. The van der Waals surface area contributed by atoms with Crippen molar-refractivity contribution in [2.24, 2.45) is 0 Å². The summed E-state index contributed by atoms with van der Waals surface area (Å²) in [6.07, 6.45) is 0. The molecule has 0 spiro atoms. The minimum absolute atomic E-state index is 0.285. The largest absolute Gasteiger partial charge is 0.456 e. The maximum atomic E-state index is 10.1. The van der Waals surface area contributed by atoms with E-state index >= 15 is 0 Å². The second kappa shape index (κ2) is 3.91. The molecule has 6 heteroatoms. The van der Waals surface area contributed by atoms with Gasteiger partial charge in [0.1, 0.15) is 5.75 Å². The van der Waals surface area contributed by atoms with Crippen LogP contribution in [0.5, 0.6) is 5.75 Å². The predicted molar refractivity (Wildman–Crippen MR) is 68.4 cm³/mol. The molecule has 1 heterocycles. The van der Waals surface area contributed by atoms with Gasteiger partial charge in [0.05, 0.1) is 0 Å². The van der Waals surface area contributed by atoms with Crippen molar-refractivity contribution in [1.82, 2.24) is 0 Å². The van der Waals surface area contributed by atoms with Crippen LogP contribution in [0.15, 0.2) is 42.5 Å². The van der Waals surface area contributed by atoms with Crippen LogP contribution in [0.4, 0.5) is 0 Å². The molecule has 1 fully saturated rings. The maximum absolute atomic E-state index is 10.1. The van der Waals surface area contributed by atoms with E-state index in [-0.39, 0.29) is 5.75 Å². The normalized spacial score (nSPS) is 27.1. The third-order valence-electron chi connectivity index (χ3n) is 3.38. The number of benzene rings is 2. The van der Waals surface area contributed by atoms with Gasteiger partial charge in [-0.2, -0.15) is 0 Å². The number of rotatable bonds is 3. The Morgan fingerprint density at radius 1 is 1.05 bits per heavy atom. The molecule has 0 aliphatic carbocycles. The minimum atomic E-state index is -2.83. The SMILES string of the molecule is CC(O)(Oc1cccc2ccccc12)C1(O)OC1(O)O. The molecular formula is C14H14O6. The highest BCUT2D eigenvalue weighted by Gasteiger charge is 2.81. The highest BCUT2D eigenvalue weighted by molar-refractivity contribution is 5.88. The van der Waals surface area contributed by atoms with Gasteiger partial charge in [-0.15, -0.1) is 0 Å². The van der Waals surface area contributed by atoms with E-state index in [1.54, 1.807) is 24.3 Å². The Kier molecular flexibility index (Phi) is 2.60. The van der Waals surface area contributed by atoms with E-state index in [2.05, 4.69) is 4.74 Å². The predicted octanol–water partition coefficient (Wildman–Crippen LogP) is 0.284. The van der Waals surface area contributed by atoms with Crippen LogP contribution in [0.25, 0.3) is 10.8 Å². The van der Waals surface area contributed by atoms with Crippen molar-refractivity contribution in [3.8, 4) is 5.75 Å². The average molecular weight is 278 g/mol. The standard InChI is InChI=1S/C14H14O6/c1-12(15,13(16)14(17,18)20-13)19-11-8-4-6-9-5-2-3-7-10(9)11/h2-8,15-18H,1H3. The summed E-state index contributed by atoms with van der Waals surface area (Å²) in [5.41, 5.74) is 0. The minimum Gasteiger partial charge on any atom is -0.456 e. The molecule has 0 aromatic heterocycles. The summed E-state index contributed by atoms with van der Waals surface area (Å²) in [6.45, 7) is 1.09. The number of epoxide rings is 1. The molecule has 4 N–H and O–H groups in total. The lowest BCUT2D eigenvalue weighted by Gasteiger charge is -2.27. The molecule has 0 saturated carbocycles. The Hall–Kier alpha value is -1.70. The molecule has 6 nitrogen and oxygen atoms in total. The van der Waals surface area contributed by atoms with Crippen molar-refractivity contribution in [2.45, 2.75) is 24.5 Å². The molecular weight excluding hydrogens is 264 g/mol. The molecule has 20 heavy (non-hydrogen) atoms. The lowest BCUT2D eigenvalue weighted by Crippen LogP contribution is -2.52. The number of ether oxygens (including phenoxy) is 2. The van der Waals surface area contributed by atoms with Crippen molar-refractivity contribution in [2.75, 3.05) is 0 Å². The fraction of sp³-hybridized carbons (Fsp3) is 0.286. The summed E-state index contributed by atoms with van der Waals surface area (Å²) in [5, 5.41) is 40.0. The van der Waals surface area contributed by atoms with Crippen molar-refractivity contribution in [3.05, 3.63) is 42.5 Å². The summed E-state index contributed by atoms with van der Waals surface area (Å²) in [4.78, 5) is 0. The number of aliphatic hydroxyl groups is 4. The average Bonchev–Trinajstić information content (AvgIpc) is 2.91. The van der Waals surface area contributed by atoms with Crippen LogP contribution in [-0.4, -0.2) is 38.0 Å². The van der Waals surface area contributed by atoms with Crippen molar-refractivity contribution < 1.29 is 29.9 Å². The van der Waals surface area contributed by atoms with Crippen molar-refractivity contribution in [1.29, 1.82) is 0 Å². The third-order valence-corrected chi connectivity index (χ3v) is 3.38. The zero-order valence-electron chi connectivity index (χ0n) is 10.6. The van der Waals surface area contributed by atoms with E-state index in [0.717, 1.165) is 12.3 Å². The van der Waals surface area contributed by atoms with E-state index < -0.39 is 17.5 Å². The number of hydrogen-bond acceptors (Lipinski definition) is 6. The van der Waals surface area contributed by atoms with Crippen molar-refractivity contribution in [3.63, 3.8) is 0 Å². The van der Waals surface area contributed by atoms with Gasteiger partial charge < -0.3 is 25.2 Å². The van der Waals surface area contributed by atoms with Gasteiger partial charge >= 0.3 is 11.8 Å². The molecule has 2 aromatic carbocycles. The molecule has 1 saturated heterocycles. The Balaban J connectivity index is 1.98. The summed E-state index contributed by atoms with van der Waals surface area (Å²) < 4.78 is 9.67. The Morgan fingerprint density at radius 3 is 2.30 bits per heavy atom. The lowest BCUT2D eigenvalue weighted by molar-refractivity contribution is -0.260. The highest BCUT2D eigenvalue weighted by atomic mass is 17.0. The molecule has 2 atom stereocenters. The third kappa shape index (κ3) is 1.78.